The van der Waals surface area contributed by atoms with Crippen molar-refractivity contribution >= 4 is 11.6 Å². The highest BCUT2D eigenvalue weighted by molar-refractivity contribution is 5.87. The molecule has 0 aliphatic carbocycles. The SMILES string of the molecule is CC(=O)C=CCCCCCCCCC=CC(C)=O. The maximum absolute atomic E-state index is 10.6. The van der Waals surface area contributed by atoms with Gasteiger partial charge in [0, 0.05) is 0 Å². The van der Waals surface area contributed by atoms with Crippen LogP contribution in [0.15, 0.2) is 24.3 Å². The van der Waals surface area contributed by atoms with Crippen molar-refractivity contribution in [3.05, 3.63) is 24.3 Å². The lowest BCUT2D eigenvalue weighted by Gasteiger charge is -1.99. The predicted octanol–water partition coefficient (Wildman–Crippen LogP) is 4.40. The smallest absolute Gasteiger partial charge is 0.152 e. The van der Waals surface area contributed by atoms with E-state index in [1.54, 1.807) is 26.0 Å². The summed E-state index contributed by atoms with van der Waals surface area (Å²) in [6, 6.07) is 0. The maximum Gasteiger partial charge on any atom is 0.152 e. The van der Waals surface area contributed by atoms with Crippen LogP contribution in [0.1, 0.15) is 65.2 Å². The topological polar surface area (TPSA) is 34.1 Å². The van der Waals surface area contributed by atoms with Crippen LogP contribution in [0.5, 0.6) is 0 Å². The van der Waals surface area contributed by atoms with Gasteiger partial charge in [-0.05, 0) is 51.7 Å². The minimum Gasteiger partial charge on any atom is -0.295 e. The van der Waals surface area contributed by atoms with E-state index in [-0.39, 0.29) is 11.6 Å². The number of carbonyl (C=O) groups is 2. The zero-order chi connectivity index (χ0) is 13.6. The Labute approximate surface area is 111 Å². The highest BCUT2D eigenvalue weighted by Gasteiger charge is 1.90. The lowest BCUT2D eigenvalue weighted by atomic mass is 10.1. The predicted molar refractivity (Wildman–Crippen MR) is 76.6 cm³/mol. The Balaban J connectivity index is 3.17. The summed E-state index contributed by atoms with van der Waals surface area (Å²) in [6.07, 6.45) is 16.6. The fourth-order valence-corrected chi connectivity index (χ4v) is 1.73. The monoisotopic (exact) mass is 250 g/mol. The third-order valence-corrected chi connectivity index (χ3v) is 2.70. The summed E-state index contributed by atoms with van der Waals surface area (Å²) in [5, 5.41) is 0. The van der Waals surface area contributed by atoms with Crippen LogP contribution in [-0.2, 0) is 9.59 Å². The van der Waals surface area contributed by atoms with Crippen molar-refractivity contribution in [2.75, 3.05) is 0 Å². The molecular formula is C16H26O2. The Bertz CT molecular complexity index is 257. The third-order valence-electron chi connectivity index (χ3n) is 2.70. The van der Waals surface area contributed by atoms with Crippen LogP contribution in [0.3, 0.4) is 0 Å². The highest BCUT2D eigenvalue weighted by atomic mass is 16.1. The Morgan fingerprint density at radius 1 is 0.667 bits per heavy atom. The van der Waals surface area contributed by atoms with Gasteiger partial charge in [-0.15, -0.1) is 0 Å². The van der Waals surface area contributed by atoms with Gasteiger partial charge in [-0.2, -0.15) is 0 Å². The quantitative estimate of drug-likeness (QED) is 0.402. The first-order valence-electron chi connectivity index (χ1n) is 6.97. The van der Waals surface area contributed by atoms with Gasteiger partial charge in [-0.1, -0.05) is 37.8 Å². The summed E-state index contributed by atoms with van der Waals surface area (Å²) < 4.78 is 0. The second-order valence-electron chi connectivity index (χ2n) is 4.72. The molecule has 0 spiro atoms. The summed E-state index contributed by atoms with van der Waals surface area (Å²) in [7, 11) is 0. The minimum atomic E-state index is 0.133. The van der Waals surface area contributed by atoms with Gasteiger partial charge in [-0.3, -0.25) is 9.59 Å². The number of ketones is 2. The molecule has 0 amide bonds. The van der Waals surface area contributed by atoms with Gasteiger partial charge in [0.1, 0.15) is 0 Å². The summed E-state index contributed by atoms with van der Waals surface area (Å²) >= 11 is 0. The summed E-state index contributed by atoms with van der Waals surface area (Å²) in [6.45, 7) is 3.16. The van der Waals surface area contributed by atoms with Gasteiger partial charge >= 0.3 is 0 Å². The van der Waals surface area contributed by atoms with E-state index in [0.29, 0.717) is 0 Å². The molecule has 0 aliphatic rings. The number of rotatable bonds is 11. The molecule has 0 saturated heterocycles. The Hall–Kier alpha value is -1.18. The zero-order valence-corrected chi connectivity index (χ0v) is 11.8. The molecule has 0 heterocycles. The van der Waals surface area contributed by atoms with Crippen molar-refractivity contribution in [3.8, 4) is 0 Å². The highest BCUT2D eigenvalue weighted by Crippen LogP contribution is 2.09. The molecule has 18 heavy (non-hydrogen) atoms. The van der Waals surface area contributed by atoms with Crippen molar-refractivity contribution in [2.45, 2.75) is 65.2 Å². The van der Waals surface area contributed by atoms with E-state index in [2.05, 4.69) is 0 Å². The van der Waals surface area contributed by atoms with Crippen molar-refractivity contribution in [3.63, 3.8) is 0 Å². The Kier molecular flexibility index (Phi) is 11.5. The molecule has 0 aromatic heterocycles. The lowest BCUT2D eigenvalue weighted by Crippen LogP contribution is -1.82. The van der Waals surface area contributed by atoms with E-state index in [0.717, 1.165) is 12.8 Å². The van der Waals surface area contributed by atoms with Gasteiger partial charge < -0.3 is 0 Å². The van der Waals surface area contributed by atoms with Gasteiger partial charge in [-0.25, -0.2) is 0 Å². The second-order valence-corrected chi connectivity index (χ2v) is 4.72. The van der Waals surface area contributed by atoms with Crippen LogP contribution >= 0.6 is 0 Å². The molecule has 0 aliphatic heterocycles. The van der Waals surface area contributed by atoms with Crippen molar-refractivity contribution < 1.29 is 9.59 Å². The van der Waals surface area contributed by atoms with Crippen LogP contribution in [0.2, 0.25) is 0 Å². The average molecular weight is 250 g/mol. The van der Waals surface area contributed by atoms with Gasteiger partial charge in [0.2, 0.25) is 0 Å². The zero-order valence-electron chi connectivity index (χ0n) is 11.8. The molecule has 2 nitrogen and oxygen atoms in total. The molecule has 0 rings (SSSR count). The van der Waals surface area contributed by atoms with Gasteiger partial charge in [0.15, 0.2) is 11.6 Å². The first kappa shape index (κ1) is 16.8. The molecule has 0 aromatic rings. The first-order valence-corrected chi connectivity index (χ1v) is 6.97. The first-order chi connectivity index (χ1) is 8.63. The van der Waals surface area contributed by atoms with E-state index in [4.69, 9.17) is 0 Å². The number of allylic oxidation sites excluding steroid dienone is 4. The molecule has 0 bridgehead atoms. The third kappa shape index (κ3) is 14.8. The molecule has 0 fully saturated rings. The average Bonchev–Trinajstić information content (AvgIpc) is 2.29. The molecule has 0 aromatic carbocycles. The fourth-order valence-electron chi connectivity index (χ4n) is 1.73. The number of carbonyl (C=O) groups excluding carboxylic acids is 2. The number of hydrogen-bond donors (Lipinski definition) is 0. The molecule has 102 valence electrons. The molecule has 0 atom stereocenters. The molecular weight excluding hydrogens is 224 g/mol. The normalized spacial score (nSPS) is 11.4. The minimum absolute atomic E-state index is 0.133. The molecule has 2 heteroatoms. The van der Waals surface area contributed by atoms with Gasteiger partial charge in [0.05, 0.1) is 0 Å². The van der Waals surface area contributed by atoms with E-state index in [1.807, 2.05) is 12.2 Å². The summed E-state index contributed by atoms with van der Waals surface area (Å²) in [4.78, 5) is 21.3. The van der Waals surface area contributed by atoms with E-state index in [1.165, 1.54) is 38.5 Å². The van der Waals surface area contributed by atoms with Crippen LogP contribution in [0.25, 0.3) is 0 Å². The summed E-state index contributed by atoms with van der Waals surface area (Å²) in [5.74, 6) is 0.266. The molecule has 0 N–H and O–H groups in total. The van der Waals surface area contributed by atoms with Crippen molar-refractivity contribution in [1.82, 2.24) is 0 Å². The van der Waals surface area contributed by atoms with Crippen LogP contribution in [-0.4, -0.2) is 11.6 Å². The second kappa shape index (κ2) is 12.3. The van der Waals surface area contributed by atoms with Crippen molar-refractivity contribution in [2.24, 2.45) is 0 Å². The summed E-state index contributed by atoms with van der Waals surface area (Å²) in [5.41, 5.74) is 0. The lowest BCUT2D eigenvalue weighted by molar-refractivity contribution is -0.113. The van der Waals surface area contributed by atoms with E-state index in [9.17, 15) is 9.59 Å². The van der Waals surface area contributed by atoms with E-state index >= 15 is 0 Å². The van der Waals surface area contributed by atoms with E-state index < -0.39 is 0 Å². The Morgan fingerprint density at radius 3 is 1.33 bits per heavy atom. The van der Waals surface area contributed by atoms with Crippen LogP contribution < -0.4 is 0 Å². The number of hydrogen-bond acceptors (Lipinski definition) is 2. The molecule has 0 radical (unpaired) electrons. The molecule has 0 unspecified atom stereocenters. The number of unbranched alkanes of at least 4 members (excludes halogenated alkanes) is 7. The fraction of sp³-hybridized carbons (Fsp3) is 0.625. The largest absolute Gasteiger partial charge is 0.295 e. The van der Waals surface area contributed by atoms with Crippen LogP contribution in [0, 0.1) is 0 Å². The maximum atomic E-state index is 10.6. The van der Waals surface area contributed by atoms with Crippen LogP contribution in [0.4, 0.5) is 0 Å². The molecule has 0 saturated carbocycles. The Morgan fingerprint density at radius 2 is 1.00 bits per heavy atom. The van der Waals surface area contributed by atoms with Crippen molar-refractivity contribution in [1.29, 1.82) is 0 Å². The van der Waals surface area contributed by atoms with Gasteiger partial charge in [0.25, 0.3) is 0 Å². The standard InChI is InChI=1S/C16H26O2/c1-15(17)13-11-9-7-5-3-4-6-8-10-12-14-16(2)18/h11-14H,3-10H2,1-2H3.